The van der Waals surface area contributed by atoms with Gasteiger partial charge in [0.05, 0.1) is 5.60 Å². The van der Waals surface area contributed by atoms with E-state index in [0.717, 1.165) is 0 Å². The Hall–Kier alpha value is -1.50. The SMILES string of the molecule is CNC(=O)OCC(COC(=O)NC)OC(C)(C)C. The Bertz CT molecular complexity index is 255. The number of amides is 2. The number of ether oxygens (including phenoxy) is 3. The molecule has 0 radical (unpaired) electrons. The van der Waals surface area contributed by atoms with E-state index in [-0.39, 0.29) is 13.2 Å². The molecule has 106 valence electrons. The molecule has 0 heterocycles. The lowest BCUT2D eigenvalue weighted by molar-refractivity contribution is -0.101. The lowest BCUT2D eigenvalue weighted by atomic mass is 10.2. The Balaban J connectivity index is 4.24. The summed E-state index contributed by atoms with van der Waals surface area (Å²) >= 11 is 0. The highest BCUT2D eigenvalue weighted by Crippen LogP contribution is 2.11. The highest BCUT2D eigenvalue weighted by Gasteiger charge is 2.21. The lowest BCUT2D eigenvalue weighted by Crippen LogP contribution is -2.37. The van der Waals surface area contributed by atoms with Gasteiger partial charge in [0.25, 0.3) is 0 Å². The molecule has 0 aliphatic heterocycles. The second-order valence-corrected chi connectivity index (χ2v) is 4.55. The molecule has 0 rings (SSSR count). The lowest BCUT2D eigenvalue weighted by Gasteiger charge is -2.26. The molecular formula is C11H22N2O5. The number of rotatable bonds is 5. The minimum absolute atomic E-state index is 0.00787. The van der Waals surface area contributed by atoms with Gasteiger partial charge in [-0.2, -0.15) is 0 Å². The maximum atomic E-state index is 11.0. The highest BCUT2D eigenvalue weighted by molar-refractivity contribution is 5.67. The molecule has 2 amide bonds. The molecule has 0 fully saturated rings. The Labute approximate surface area is 107 Å². The normalized spacial score (nSPS) is 11.0. The highest BCUT2D eigenvalue weighted by atomic mass is 16.6. The molecule has 0 aliphatic rings. The second-order valence-electron chi connectivity index (χ2n) is 4.55. The van der Waals surface area contributed by atoms with Crippen LogP contribution in [0.5, 0.6) is 0 Å². The molecule has 0 bridgehead atoms. The standard InChI is InChI=1S/C11H22N2O5/c1-11(2,3)18-8(6-16-9(14)12-4)7-17-10(15)13-5/h8H,6-7H2,1-5H3,(H,12,14)(H,13,15). The van der Waals surface area contributed by atoms with Gasteiger partial charge >= 0.3 is 12.2 Å². The largest absolute Gasteiger partial charge is 0.447 e. The summed E-state index contributed by atoms with van der Waals surface area (Å²) in [4.78, 5) is 21.9. The average molecular weight is 262 g/mol. The quantitative estimate of drug-likeness (QED) is 0.768. The van der Waals surface area contributed by atoms with Crippen molar-refractivity contribution in [2.24, 2.45) is 0 Å². The Morgan fingerprint density at radius 1 is 1.00 bits per heavy atom. The van der Waals surface area contributed by atoms with Crippen LogP contribution in [0.1, 0.15) is 20.8 Å². The van der Waals surface area contributed by atoms with Crippen molar-refractivity contribution in [1.29, 1.82) is 0 Å². The molecule has 0 unspecified atom stereocenters. The van der Waals surface area contributed by atoms with E-state index in [9.17, 15) is 9.59 Å². The average Bonchev–Trinajstić information content (AvgIpc) is 2.29. The van der Waals surface area contributed by atoms with Crippen LogP contribution in [0.4, 0.5) is 9.59 Å². The van der Waals surface area contributed by atoms with E-state index in [0.29, 0.717) is 0 Å². The Morgan fingerprint density at radius 2 is 1.39 bits per heavy atom. The van der Waals surface area contributed by atoms with Gasteiger partial charge in [0.1, 0.15) is 19.3 Å². The van der Waals surface area contributed by atoms with Gasteiger partial charge in [-0.15, -0.1) is 0 Å². The smallest absolute Gasteiger partial charge is 0.406 e. The molecule has 0 aromatic carbocycles. The predicted molar refractivity (Wildman–Crippen MR) is 65.4 cm³/mol. The van der Waals surface area contributed by atoms with Crippen molar-refractivity contribution in [2.45, 2.75) is 32.5 Å². The molecule has 0 aromatic rings. The number of hydrogen-bond acceptors (Lipinski definition) is 5. The van der Waals surface area contributed by atoms with Crippen molar-refractivity contribution in [1.82, 2.24) is 10.6 Å². The van der Waals surface area contributed by atoms with Gasteiger partial charge in [0.15, 0.2) is 0 Å². The summed E-state index contributed by atoms with van der Waals surface area (Å²) in [6.07, 6.45) is -1.63. The van der Waals surface area contributed by atoms with E-state index in [4.69, 9.17) is 14.2 Å². The van der Waals surface area contributed by atoms with Gasteiger partial charge in [-0.1, -0.05) is 0 Å². The van der Waals surface area contributed by atoms with Crippen LogP contribution < -0.4 is 10.6 Å². The topological polar surface area (TPSA) is 85.9 Å². The van der Waals surface area contributed by atoms with Crippen molar-refractivity contribution in [3.05, 3.63) is 0 Å². The molecule has 7 nitrogen and oxygen atoms in total. The zero-order valence-corrected chi connectivity index (χ0v) is 11.5. The van der Waals surface area contributed by atoms with Crippen LogP contribution in [-0.4, -0.2) is 51.2 Å². The van der Waals surface area contributed by atoms with Gasteiger partial charge in [-0.05, 0) is 20.8 Å². The summed E-state index contributed by atoms with van der Waals surface area (Å²) in [5, 5.41) is 4.64. The maximum Gasteiger partial charge on any atom is 0.406 e. The first-order valence-electron chi connectivity index (χ1n) is 5.65. The Morgan fingerprint density at radius 3 is 1.67 bits per heavy atom. The number of alkyl carbamates (subject to hydrolysis) is 2. The molecule has 2 N–H and O–H groups in total. The molecule has 0 aromatic heterocycles. The van der Waals surface area contributed by atoms with E-state index in [1.807, 2.05) is 20.8 Å². The van der Waals surface area contributed by atoms with Gasteiger partial charge in [-0.3, -0.25) is 0 Å². The van der Waals surface area contributed by atoms with E-state index >= 15 is 0 Å². The van der Waals surface area contributed by atoms with Gasteiger partial charge in [-0.25, -0.2) is 9.59 Å². The third-order valence-electron chi connectivity index (χ3n) is 1.73. The maximum absolute atomic E-state index is 11.0. The van der Waals surface area contributed by atoms with Crippen LogP contribution in [0.15, 0.2) is 0 Å². The third-order valence-corrected chi connectivity index (χ3v) is 1.73. The van der Waals surface area contributed by atoms with Crippen molar-refractivity contribution in [3.63, 3.8) is 0 Å². The van der Waals surface area contributed by atoms with Crippen molar-refractivity contribution in [3.8, 4) is 0 Å². The second kappa shape index (κ2) is 7.75. The summed E-state index contributed by atoms with van der Waals surface area (Å²) in [7, 11) is 2.92. The summed E-state index contributed by atoms with van der Waals surface area (Å²) in [5.74, 6) is 0. The fourth-order valence-corrected chi connectivity index (χ4v) is 1.10. The monoisotopic (exact) mass is 262 g/mol. The first-order valence-corrected chi connectivity index (χ1v) is 5.65. The number of hydrogen-bond donors (Lipinski definition) is 2. The van der Waals surface area contributed by atoms with E-state index in [2.05, 4.69) is 10.6 Å². The number of nitrogens with one attached hydrogen (secondary N) is 2. The molecule has 7 heteroatoms. The van der Waals surface area contributed by atoms with E-state index in [1.165, 1.54) is 14.1 Å². The van der Waals surface area contributed by atoms with Crippen molar-refractivity contribution >= 4 is 12.2 Å². The van der Waals surface area contributed by atoms with Crippen molar-refractivity contribution < 1.29 is 23.8 Å². The summed E-state index contributed by atoms with van der Waals surface area (Å²) in [5.41, 5.74) is -0.428. The van der Waals surface area contributed by atoms with E-state index < -0.39 is 23.9 Å². The van der Waals surface area contributed by atoms with Gasteiger partial charge < -0.3 is 24.8 Å². The molecular weight excluding hydrogens is 240 g/mol. The fourth-order valence-electron chi connectivity index (χ4n) is 1.10. The molecule has 0 aliphatic carbocycles. The zero-order valence-electron chi connectivity index (χ0n) is 11.5. The van der Waals surface area contributed by atoms with Crippen LogP contribution in [-0.2, 0) is 14.2 Å². The number of carbonyl (C=O) groups excluding carboxylic acids is 2. The third kappa shape index (κ3) is 8.63. The molecule has 0 spiro atoms. The minimum Gasteiger partial charge on any atom is -0.447 e. The molecule has 0 saturated carbocycles. The van der Waals surface area contributed by atoms with Gasteiger partial charge in [0.2, 0.25) is 0 Å². The summed E-state index contributed by atoms with van der Waals surface area (Å²) in [6, 6.07) is 0. The van der Waals surface area contributed by atoms with Crippen LogP contribution in [0.2, 0.25) is 0 Å². The van der Waals surface area contributed by atoms with Crippen LogP contribution >= 0.6 is 0 Å². The predicted octanol–water partition coefficient (Wildman–Crippen LogP) is 0.882. The molecule has 0 atom stereocenters. The first-order chi connectivity index (χ1) is 8.28. The fraction of sp³-hybridized carbons (Fsp3) is 0.818. The van der Waals surface area contributed by atoms with Crippen LogP contribution in [0.3, 0.4) is 0 Å². The Kier molecular flexibility index (Phi) is 7.11. The first kappa shape index (κ1) is 16.5. The van der Waals surface area contributed by atoms with Crippen LogP contribution in [0, 0.1) is 0 Å². The zero-order chi connectivity index (χ0) is 14.2. The summed E-state index contributed by atoms with van der Waals surface area (Å²) < 4.78 is 15.4. The molecule has 0 saturated heterocycles. The molecule has 18 heavy (non-hydrogen) atoms. The van der Waals surface area contributed by atoms with E-state index in [1.54, 1.807) is 0 Å². The minimum atomic E-state index is -0.558. The number of carbonyl (C=O) groups is 2. The van der Waals surface area contributed by atoms with Crippen molar-refractivity contribution in [2.75, 3.05) is 27.3 Å². The summed E-state index contributed by atoms with van der Waals surface area (Å²) in [6.45, 7) is 5.60. The van der Waals surface area contributed by atoms with Crippen LogP contribution in [0.25, 0.3) is 0 Å². The van der Waals surface area contributed by atoms with Gasteiger partial charge in [0, 0.05) is 14.1 Å².